The lowest BCUT2D eigenvalue weighted by Crippen LogP contribution is -2.48. The minimum absolute atomic E-state index is 0.0108. The smallest absolute Gasteiger partial charge is 0.250 e. The van der Waals surface area contributed by atoms with E-state index in [9.17, 15) is 9.59 Å². The number of nitrogens with one attached hydrogen (secondary N) is 3. The van der Waals surface area contributed by atoms with Crippen LogP contribution in [0, 0.1) is 0 Å². The van der Waals surface area contributed by atoms with Crippen LogP contribution < -0.4 is 25.6 Å². The van der Waals surface area contributed by atoms with Gasteiger partial charge in [0.2, 0.25) is 11.8 Å². The van der Waals surface area contributed by atoms with E-state index in [0.29, 0.717) is 11.5 Å². The molecule has 2 aromatic rings. The summed E-state index contributed by atoms with van der Waals surface area (Å²) >= 11 is 4.99. The third-order valence-electron chi connectivity index (χ3n) is 3.59. The molecule has 2 aromatic carbocycles. The molecular formula is C20H21N3O4S. The minimum atomic E-state index is -0.440. The molecule has 0 saturated carbocycles. The standard InChI is InChI=1S/C20H21N3O4S/c1-26-16-10-8-15(12-17(16)27-2)9-11-18(24)21-20(28)23-22-19(25)13-14-6-4-3-5-7-14/h3-12H,13H2,1-2H3,(H,22,25)(H2,21,23,24,28)/b11-9+. The maximum Gasteiger partial charge on any atom is 0.250 e. The Kier molecular flexibility index (Phi) is 7.98. The SMILES string of the molecule is COc1ccc(/C=C/C(=O)NC(=S)NNC(=O)Cc2ccccc2)cc1OC. The van der Waals surface area contributed by atoms with E-state index in [2.05, 4.69) is 16.2 Å². The fourth-order valence-corrected chi connectivity index (χ4v) is 2.42. The Morgan fingerprint density at radius 3 is 2.39 bits per heavy atom. The van der Waals surface area contributed by atoms with Gasteiger partial charge in [0.25, 0.3) is 0 Å². The van der Waals surface area contributed by atoms with Gasteiger partial charge in [0.05, 0.1) is 20.6 Å². The lowest BCUT2D eigenvalue weighted by atomic mass is 10.1. The third-order valence-corrected chi connectivity index (χ3v) is 3.80. The van der Waals surface area contributed by atoms with Crippen molar-refractivity contribution in [1.82, 2.24) is 16.2 Å². The molecule has 0 aliphatic rings. The van der Waals surface area contributed by atoms with Crippen molar-refractivity contribution in [3.8, 4) is 11.5 Å². The molecule has 0 aromatic heterocycles. The van der Waals surface area contributed by atoms with Gasteiger partial charge in [0.1, 0.15) is 0 Å². The summed E-state index contributed by atoms with van der Waals surface area (Å²) in [7, 11) is 3.08. The van der Waals surface area contributed by atoms with Gasteiger partial charge in [-0.3, -0.25) is 25.8 Å². The zero-order chi connectivity index (χ0) is 20.4. The average Bonchev–Trinajstić information content (AvgIpc) is 2.71. The van der Waals surface area contributed by atoms with E-state index in [0.717, 1.165) is 11.1 Å². The summed E-state index contributed by atoms with van der Waals surface area (Å²) in [6.45, 7) is 0. The maximum absolute atomic E-state index is 11.9. The second kappa shape index (κ2) is 10.7. The van der Waals surface area contributed by atoms with Crippen LogP contribution in [0.15, 0.2) is 54.6 Å². The molecule has 3 N–H and O–H groups in total. The minimum Gasteiger partial charge on any atom is -0.493 e. The number of hydrazine groups is 1. The van der Waals surface area contributed by atoms with Gasteiger partial charge in [-0.1, -0.05) is 36.4 Å². The van der Waals surface area contributed by atoms with Crippen LogP contribution in [-0.2, 0) is 16.0 Å². The number of hydrogen-bond donors (Lipinski definition) is 3. The van der Waals surface area contributed by atoms with Crippen LogP contribution in [-0.4, -0.2) is 31.1 Å². The van der Waals surface area contributed by atoms with Gasteiger partial charge in [0, 0.05) is 6.08 Å². The number of benzene rings is 2. The summed E-state index contributed by atoms with van der Waals surface area (Å²) < 4.78 is 10.4. The fourth-order valence-electron chi connectivity index (χ4n) is 2.27. The molecule has 0 bridgehead atoms. The molecule has 0 heterocycles. The maximum atomic E-state index is 11.9. The number of methoxy groups -OCH3 is 2. The molecule has 0 unspecified atom stereocenters. The Labute approximate surface area is 168 Å². The summed E-state index contributed by atoms with van der Waals surface area (Å²) in [6.07, 6.45) is 3.12. The van der Waals surface area contributed by atoms with E-state index in [-0.39, 0.29) is 17.4 Å². The van der Waals surface area contributed by atoms with Gasteiger partial charge in [-0.15, -0.1) is 0 Å². The van der Waals surface area contributed by atoms with Gasteiger partial charge in [-0.25, -0.2) is 0 Å². The molecule has 7 nitrogen and oxygen atoms in total. The molecule has 146 valence electrons. The molecule has 2 rings (SSSR count). The van der Waals surface area contributed by atoms with Crippen LogP contribution in [0.4, 0.5) is 0 Å². The third kappa shape index (κ3) is 6.73. The van der Waals surface area contributed by atoms with E-state index in [4.69, 9.17) is 21.7 Å². The molecule has 8 heteroatoms. The van der Waals surface area contributed by atoms with Crippen LogP contribution in [0.5, 0.6) is 11.5 Å². The number of thiocarbonyl (C=S) groups is 1. The largest absolute Gasteiger partial charge is 0.493 e. The molecule has 28 heavy (non-hydrogen) atoms. The van der Waals surface area contributed by atoms with Gasteiger partial charge < -0.3 is 9.47 Å². The van der Waals surface area contributed by atoms with Gasteiger partial charge in [-0.2, -0.15) is 0 Å². The Morgan fingerprint density at radius 1 is 1.00 bits per heavy atom. The normalized spacial score (nSPS) is 10.2. The van der Waals surface area contributed by atoms with E-state index >= 15 is 0 Å². The zero-order valence-electron chi connectivity index (χ0n) is 15.5. The highest BCUT2D eigenvalue weighted by Gasteiger charge is 2.06. The second-order valence-corrected chi connectivity index (χ2v) is 6.01. The van der Waals surface area contributed by atoms with Crippen LogP contribution in [0.25, 0.3) is 6.08 Å². The highest BCUT2D eigenvalue weighted by molar-refractivity contribution is 7.80. The van der Waals surface area contributed by atoms with E-state index < -0.39 is 5.91 Å². The lowest BCUT2D eigenvalue weighted by Gasteiger charge is -2.10. The van der Waals surface area contributed by atoms with Crippen molar-refractivity contribution in [3.63, 3.8) is 0 Å². The Balaban J connectivity index is 1.79. The van der Waals surface area contributed by atoms with E-state index in [1.165, 1.54) is 13.2 Å². The number of carbonyl (C=O) groups is 2. The zero-order valence-corrected chi connectivity index (χ0v) is 16.3. The number of rotatable bonds is 6. The Hall–Kier alpha value is -3.39. The number of hydrogen-bond acceptors (Lipinski definition) is 5. The molecule has 0 saturated heterocycles. The highest BCUT2D eigenvalue weighted by atomic mass is 32.1. The molecule has 0 radical (unpaired) electrons. The van der Waals surface area contributed by atoms with Crippen molar-refractivity contribution in [2.75, 3.05) is 14.2 Å². The average molecular weight is 399 g/mol. The van der Waals surface area contributed by atoms with Crippen LogP contribution >= 0.6 is 12.2 Å². The first kappa shape index (κ1) is 20.9. The molecule has 0 aliphatic carbocycles. The summed E-state index contributed by atoms with van der Waals surface area (Å²) in [5, 5.41) is 2.43. The van der Waals surface area contributed by atoms with Gasteiger partial charge >= 0.3 is 0 Å². The molecule has 0 spiro atoms. The summed E-state index contributed by atoms with van der Waals surface area (Å²) in [4.78, 5) is 23.8. The Bertz CT molecular complexity index is 869. The van der Waals surface area contributed by atoms with Crippen LogP contribution in [0.2, 0.25) is 0 Å². The molecule has 2 amide bonds. The molecule has 0 aliphatic heterocycles. The van der Waals surface area contributed by atoms with Crippen molar-refractivity contribution in [2.24, 2.45) is 0 Å². The Morgan fingerprint density at radius 2 is 1.71 bits per heavy atom. The van der Waals surface area contributed by atoms with Crippen LogP contribution in [0.1, 0.15) is 11.1 Å². The topological polar surface area (TPSA) is 88.7 Å². The van der Waals surface area contributed by atoms with Crippen molar-refractivity contribution < 1.29 is 19.1 Å². The predicted octanol–water partition coefficient (Wildman–Crippen LogP) is 1.98. The van der Waals surface area contributed by atoms with Crippen molar-refractivity contribution >= 4 is 35.2 Å². The first-order valence-corrected chi connectivity index (χ1v) is 8.76. The first-order chi connectivity index (χ1) is 13.5. The fraction of sp³-hybridized carbons (Fsp3) is 0.150. The number of ether oxygens (including phenoxy) is 2. The lowest BCUT2D eigenvalue weighted by molar-refractivity contribution is -0.121. The van der Waals surface area contributed by atoms with Crippen LogP contribution in [0.3, 0.4) is 0 Å². The predicted molar refractivity (Wildman–Crippen MR) is 111 cm³/mol. The molecule has 0 fully saturated rings. The van der Waals surface area contributed by atoms with Gasteiger partial charge in [-0.05, 0) is 41.6 Å². The number of carbonyl (C=O) groups excluding carboxylic acids is 2. The van der Waals surface area contributed by atoms with Gasteiger partial charge in [0.15, 0.2) is 16.6 Å². The quantitative estimate of drug-likeness (QED) is 0.391. The monoisotopic (exact) mass is 399 g/mol. The van der Waals surface area contributed by atoms with Crippen molar-refractivity contribution in [1.29, 1.82) is 0 Å². The highest BCUT2D eigenvalue weighted by Crippen LogP contribution is 2.27. The second-order valence-electron chi connectivity index (χ2n) is 5.60. The first-order valence-electron chi connectivity index (χ1n) is 8.35. The molecular weight excluding hydrogens is 378 g/mol. The van der Waals surface area contributed by atoms with E-state index in [1.807, 2.05) is 30.3 Å². The summed E-state index contributed by atoms with van der Waals surface area (Å²) in [5.41, 5.74) is 6.56. The van der Waals surface area contributed by atoms with E-state index in [1.54, 1.807) is 31.4 Å². The molecule has 0 atom stereocenters. The van der Waals surface area contributed by atoms with Crippen molar-refractivity contribution in [3.05, 3.63) is 65.7 Å². The number of amides is 2. The summed E-state index contributed by atoms with van der Waals surface area (Å²) in [6, 6.07) is 14.5. The van der Waals surface area contributed by atoms with Crippen molar-refractivity contribution in [2.45, 2.75) is 6.42 Å². The summed E-state index contributed by atoms with van der Waals surface area (Å²) in [5.74, 6) is 0.442.